The molecule has 6 heteroatoms. The monoisotopic (exact) mass is 251 g/mol. The van der Waals surface area contributed by atoms with E-state index in [0.29, 0.717) is 19.0 Å². The van der Waals surface area contributed by atoms with Crippen LogP contribution in [0.2, 0.25) is 0 Å². The number of aromatic nitrogens is 1. The van der Waals surface area contributed by atoms with Gasteiger partial charge in [0.25, 0.3) is 0 Å². The molecule has 3 N–H and O–H groups in total. The smallest absolute Gasteiger partial charge is 0.242 e. The lowest BCUT2D eigenvalue weighted by atomic mass is 10.1. The van der Waals surface area contributed by atoms with Gasteiger partial charge in [0.05, 0.1) is 19.3 Å². The van der Waals surface area contributed by atoms with Gasteiger partial charge in [0.2, 0.25) is 5.91 Å². The van der Waals surface area contributed by atoms with Gasteiger partial charge >= 0.3 is 0 Å². The second kappa shape index (κ2) is 5.32. The first kappa shape index (κ1) is 12.8. The summed E-state index contributed by atoms with van der Waals surface area (Å²) < 4.78 is 5.25. The second-order valence-electron chi connectivity index (χ2n) is 4.31. The number of ether oxygens (including phenoxy) is 1. The number of amides is 1. The second-order valence-corrected chi connectivity index (χ2v) is 4.31. The highest BCUT2D eigenvalue weighted by molar-refractivity contribution is 5.83. The molecule has 18 heavy (non-hydrogen) atoms. The molecule has 98 valence electrons. The molecule has 1 aliphatic heterocycles. The number of rotatable bonds is 3. The molecule has 2 atom stereocenters. The molecule has 6 nitrogen and oxygen atoms in total. The number of aliphatic hydroxyl groups is 1. The van der Waals surface area contributed by atoms with Gasteiger partial charge in [-0.2, -0.15) is 0 Å². The van der Waals surface area contributed by atoms with Crippen molar-refractivity contribution in [3.8, 4) is 0 Å². The van der Waals surface area contributed by atoms with Crippen LogP contribution in [0.4, 0.5) is 5.82 Å². The fourth-order valence-corrected chi connectivity index (χ4v) is 1.96. The van der Waals surface area contributed by atoms with Crippen LogP contribution in [0.1, 0.15) is 18.6 Å². The molecule has 1 fully saturated rings. The van der Waals surface area contributed by atoms with Crippen LogP contribution in [0.15, 0.2) is 18.3 Å². The van der Waals surface area contributed by atoms with Crippen molar-refractivity contribution in [2.45, 2.75) is 19.1 Å². The minimum absolute atomic E-state index is 0.274. The summed E-state index contributed by atoms with van der Waals surface area (Å²) in [5, 5.41) is 9.56. The highest BCUT2D eigenvalue weighted by atomic mass is 16.5. The lowest BCUT2D eigenvalue weighted by Crippen LogP contribution is -2.53. The van der Waals surface area contributed by atoms with Crippen molar-refractivity contribution in [1.82, 2.24) is 4.98 Å². The fraction of sp³-hybridized carbons (Fsp3) is 0.500. The Bertz CT molecular complexity index is 436. The molecule has 2 unspecified atom stereocenters. The minimum Gasteiger partial charge on any atom is -0.389 e. The van der Waals surface area contributed by atoms with Crippen LogP contribution in [-0.2, 0) is 9.53 Å². The van der Waals surface area contributed by atoms with Crippen molar-refractivity contribution in [2.75, 3.05) is 24.7 Å². The van der Waals surface area contributed by atoms with Gasteiger partial charge in [0.15, 0.2) is 0 Å². The third kappa shape index (κ3) is 2.60. The highest BCUT2D eigenvalue weighted by Crippen LogP contribution is 2.21. The highest BCUT2D eigenvalue weighted by Gasteiger charge is 2.28. The van der Waals surface area contributed by atoms with Crippen molar-refractivity contribution < 1.29 is 14.6 Å². The summed E-state index contributed by atoms with van der Waals surface area (Å²) in [6.07, 6.45) is 1.05. The first-order valence-corrected chi connectivity index (χ1v) is 5.87. The summed E-state index contributed by atoms with van der Waals surface area (Å²) in [6.45, 7) is 3.05. The van der Waals surface area contributed by atoms with Crippen LogP contribution in [0.5, 0.6) is 0 Å². The first-order chi connectivity index (χ1) is 8.59. The normalized spacial score (nSPS) is 21.7. The number of carbonyl (C=O) groups excluding carboxylic acids is 1. The standard InChI is InChI=1S/C12H17N3O3/c1-8(16)9-2-3-14-11(6-9)15-4-5-18-7-10(15)12(13)17/h2-3,6,8,10,16H,4-5,7H2,1H3,(H2,13,17). The van der Waals surface area contributed by atoms with Gasteiger partial charge < -0.3 is 20.5 Å². The number of hydrogen-bond acceptors (Lipinski definition) is 5. The van der Waals surface area contributed by atoms with E-state index in [2.05, 4.69) is 4.98 Å². The summed E-state index contributed by atoms with van der Waals surface area (Å²) >= 11 is 0. The van der Waals surface area contributed by atoms with Gasteiger partial charge in [-0.1, -0.05) is 0 Å². The number of aliphatic hydroxyl groups excluding tert-OH is 1. The summed E-state index contributed by atoms with van der Waals surface area (Å²) in [5.74, 6) is 0.208. The molecular weight excluding hydrogens is 234 g/mol. The molecule has 0 aliphatic carbocycles. The van der Waals surface area contributed by atoms with Gasteiger partial charge in [0, 0.05) is 12.7 Å². The van der Waals surface area contributed by atoms with Crippen LogP contribution in [0.25, 0.3) is 0 Å². The maximum absolute atomic E-state index is 11.4. The van der Waals surface area contributed by atoms with Crippen molar-refractivity contribution in [3.63, 3.8) is 0 Å². The zero-order chi connectivity index (χ0) is 13.1. The number of nitrogens with zero attached hydrogens (tertiary/aromatic N) is 2. The summed E-state index contributed by atoms with van der Waals surface area (Å²) in [5.41, 5.74) is 6.11. The summed E-state index contributed by atoms with van der Waals surface area (Å²) in [6, 6.07) is 3.01. The van der Waals surface area contributed by atoms with Crippen LogP contribution in [0.3, 0.4) is 0 Å². The topological polar surface area (TPSA) is 88.7 Å². The molecule has 0 bridgehead atoms. The van der Waals surface area contributed by atoms with Crippen molar-refractivity contribution in [1.29, 1.82) is 0 Å². The molecule has 1 aromatic heterocycles. The lowest BCUT2D eigenvalue weighted by Gasteiger charge is -2.34. The number of primary amides is 1. The molecule has 1 saturated heterocycles. The Morgan fingerprint density at radius 2 is 2.50 bits per heavy atom. The number of morpholine rings is 1. The van der Waals surface area contributed by atoms with E-state index in [-0.39, 0.29) is 6.61 Å². The van der Waals surface area contributed by atoms with E-state index in [4.69, 9.17) is 10.5 Å². The molecule has 0 saturated carbocycles. The zero-order valence-corrected chi connectivity index (χ0v) is 10.2. The number of anilines is 1. The Labute approximate surface area is 105 Å². The van der Waals surface area contributed by atoms with Gasteiger partial charge in [-0.3, -0.25) is 4.79 Å². The Morgan fingerprint density at radius 3 is 3.17 bits per heavy atom. The van der Waals surface area contributed by atoms with Gasteiger partial charge in [-0.25, -0.2) is 4.98 Å². The molecule has 0 radical (unpaired) electrons. The predicted molar refractivity (Wildman–Crippen MR) is 66.0 cm³/mol. The van der Waals surface area contributed by atoms with Crippen LogP contribution < -0.4 is 10.6 Å². The molecule has 1 aliphatic rings. The summed E-state index contributed by atoms with van der Waals surface area (Å²) in [7, 11) is 0. The molecular formula is C12H17N3O3. The van der Waals surface area contributed by atoms with E-state index in [9.17, 15) is 9.90 Å². The van der Waals surface area contributed by atoms with Crippen molar-refractivity contribution in [2.24, 2.45) is 5.73 Å². The maximum atomic E-state index is 11.4. The molecule has 0 spiro atoms. The van der Waals surface area contributed by atoms with Crippen LogP contribution in [-0.4, -0.2) is 41.8 Å². The SMILES string of the molecule is CC(O)c1ccnc(N2CCOCC2C(N)=O)c1. The Kier molecular flexibility index (Phi) is 3.78. The molecule has 1 amide bonds. The summed E-state index contributed by atoms with van der Waals surface area (Å²) in [4.78, 5) is 17.4. The Hall–Kier alpha value is -1.66. The van der Waals surface area contributed by atoms with E-state index < -0.39 is 18.1 Å². The third-order valence-corrected chi connectivity index (χ3v) is 3.00. The quantitative estimate of drug-likeness (QED) is 0.778. The maximum Gasteiger partial charge on any atom is 0.242 e. The number of carbonyl (C=O) groups is 1. The Morgan fingerprint density at radius 1 is 1.72 bits per heavy atom. The minimum atomic E-state index is -0.570. The zero-order valence-electron chi connectivity index (χ0n) is 10.2. The third-order valence-electron chi connectivity index (χ3n) is 3.00. The fourth-order valence-electron chi connectivity index (χ4n) is 1.96. The van der Waals surface area contributed by atoms with Crippen molar-refractivity contribution >= 4 is 11.7 Å². The average Bonchev–Trinajstić information content (AvgIpc) is 2.39. The number of pyridine rings is 1. The van der Waals surface area contributed by atoms with Gasteiger partial charge in [-0.05, 0) is 24.6 Å². The van der Waals surface area contributed by atoms with Gasteiger partial charge in [0.1, 0.15) is 11.9 Å². The van der Waals surface area contributed by atoms with E-state index in [1.165, 1.54) is 0 Å². The van der Waals surface area contributed by atoms with E-state index in [0.717, 1.165) is 5.56 Å². The van der Waals surface area contributed by atoms with E-state index >= 15 is 0 Å². The van der Waals surface area contributed by atoms with E-state index in [1.54, 1.807) is 25.3 Å². The van der Waals surface area contributed by atoms with Gasteiger partial charge in [-0.15, -0.1) is 0 Å². The van der Waals surface area contributed by atoms with Crippen LogP contribution in [0, 0.1) is 0 Å². The number of nitrogens with two attached hydrogens (primary N) is 1. The molecule has 2 heterocycles. The number of hydrogen-bond donors (Lipinski definition) is 2. The Balaban J connectivity index is 2.28. The largest absolute Gasteiger partial charge is 0.389 e. The molecule has 2 rings (SSSR count). The average molecular weight is 251 g/mol. The molecule has 1 aromatic rings. The van der Waals surface area contributed by atoms with Crippen LogP contribution >= 0.6 is 0 Å². The first-order valence-electron chi connectivity index (χ1n) is 5.87. The predicted octanol–water partition coefficient (Wildman–Crippen LogP) is -0.175. The lowest BCUT2D eigenvalue weighted by molar-refractivity contribution is -0.121. The van der Waals surface area contributed by atoms with Crippen molar-refractivity contribution in [3.05, 3.63) is 23.9 Å². The van der Waals surface area contributed by atoms with E-state index in [1.807, 2.05) is 4.90 Å². The molecule has 0 aromatic carbocycles.